The standard InChI is InChI=1S/C25H31N7O2/c1-18-17-19(2)32(29-18)24-8-7-23(27-28-24)31-11-9-20(10-12-31)25(33)26-21-3-5-22(6-4-21)30-13-15-34-16-14-30/h3-8,17,20H,9-16H2,1-2H3,(H,26,33). The number of hydrogen-bond donors (Lipinski definition) is 1. The molecule has 0 unspecified atom stereocenters. The zero-order valence-electron chi connectivity index (χ0n) is 19.8. The van der Waals surface area contributed by atoms with Gasteiger partial charge in [-0.05, 0) is 69.2 Å². The Morgan fingerprint density at radius 3 is 2.21 bits per heavy atom. The molecule has 4 heterocycles. The summed E-state index contributed by atoms with van der Waals surface area (Å²) in [5, 5.41) is 16.3. The van der Waals surface area contributed by atoms with Gasteiger partial charge in [-0.25, -0.2) is 4.68 Å². The number of morpholine rings is 1. The lowest BCUT2D eigenvalue weighted by Gasteiger charge is -2.32. The van der Waals surface area contributed by atoms with Crippen LogP contribution in [0, 0.1) is 19.8 Å². The Labute approximate surface area is 199 Å². The van der Waals surface area contributed by atoms with Crippen LogP contribution in [0.5, 0.6) is 0 Å². The van der Waals surface area contributed by atoms with E-state index in [2.05, 4.69) is 42.5 Å². The number of nitrogens with one attached hydrogen (secondary N) is 1. The number of anilines is 3. The van der Waals surface area contributed by atoms with E-state index < -0.39 is 0 Å². The van der Waals surface area contributed by atoms with Crippen LogP contribution in [0.1, 0.15) is 24.2 Å². The van der Waals surface area contributed by atoms with E-state index >= 15 is 0 Å². The van der Waals surface area contributed by atoms with Gasteiger partial charge in [-0.1, -0.05) is 0 Å². The van der Waals surface area contributed by atoms with Crippen LogP contribution in [0.25, 0.3) is 5.82 Å². The maximum atomic E-state index is 12.8. The number of nitrogens with zero attached hydrogens (tertiary/aromatic N) is 6. The van der Waals surface area contributed by atoms with Crippen molar-refractivity contribution in [1.82, 2.24) is 20.0 Å². The van der Waals surface area contributed by atoms with E-state index in [1.807, 2.05) is 44.2 Å². The van der Waals surface area contributed by atoms with Gasteiger partial charge in [-0.15, -0.1) is 10.2 Å². The van der Waals surface area contributed by atoms with Crippen LogP contribution in [-0.4, -0.2) is 65.3 Å². The fraction of sp³-hybridized carbons (Fsp3) is 0.440. The van der Waals surface area contributed by atoms with Crippen molar-refractivity contribution in [3.05, 3.63) is 53.9 Å². The second kappa shape index (κ2) is 9.80. The van der Waals surface area contributed by atoms with E-state index in [1.54, 1.807) is 4.68 Å². The molecule has 0 saturated carbocycles. The number of amides is 1. The number of carbonyl (C=O) groups excluding carboxylic acids is 1. The highest BCUT2D eigenvalue weighted by Crippen LogP contribution is 2.24. The normalized spacial score (nSPS) is 17.1. The molecular formula is C25H31N7O2. The summed E-state index contributed by atoms with van der Waals surface area (Å²) < 4.78 is 7.22. The molecule has 0 radical (unpaired) electrons. The molecule has 3 aromatic rings. The van der Waals surface area contributed by atoms with Crippen LogP contribution < -0.4 is 15.1 Å². The molecular weight excluding hydrogens is 430 g/mol. The fourth-order valence-electron chi connectivity index (χ4n) is 4.65. The highest BCUT2D eigenvalue weighted by atomic mass is 16.5. The predicted molar refractivity (Wildman–Crippen MR) is 132 cm³/mol. The largest absolute Gasteiger partial charge is 0.378 e. The second-order valence-electron chi connectivity index (χ2n) is 8.99. The van der Waals surface area contributed by atoms with Gasteiger partial charge in [-0.2, -0.15) is 5.10 Å². The van der Waals surface area contributed by atoms with E-state index in [1.165, 1.54) is 5.69 Å². The smallest absolute Gasteiger partial charge is 0.227 e. The molecule has 9 nitrogen and oxygen atoms in total. The molecule has 0 aliphatic carbocycles. The number of ether oxygens (including phenoxy) is 1. The molecule has 2 fully saturated rings. The van der Waals surface area contributed by atoms with Crippen LogP contribution in [-0.2, 0) is 9.53 Å². The monoisotopic (exact) mass is 461 g/mol. The number of piperidine rings is 1. The maximum Gasteiger partial charge on any atom is 0.227 e. The average molecular weight is 462 g/mol. The van der Waals surface area contributed by atoms with Gasteiger partial charge in [0.05, 0.1) is 18.9 Å². The van der Waals surface area contributed by atoms with Crippen molar-refractivity contribution in [3.63, 3.8) is 0 Å². The fourth-order valence-corrected chi connectivity index (χ4v) is 4.65. The molecule has 0 bridgehead atoms. The molecule has 5 rings (SSSR count). The van der Waals surface area contributed by atoms with Crippen LogP contribution in [0.4, 0.5) is 17.2 Å². The molecule has 0 spiro atoms. The maximum absolute atomic E-state index is 12.8. The zero-order chi connectivity index (χ0) is 23.5. The van der Waals surface area contributed by atoms with Crippen molar-refractivity contribution in [2.45, 2.75) is 26.7 Å². The summed E-state index contributed by atoms with van der Waals surface area (Å²) in [5.41, 5.74) is 3.99. The van der Waals surface area contributed by atoms with Gasteiger partial charge in [0.1, 0.15) is 0 Å². The van der Waals surface area contributed by atoms with Gasteiger partial charge >= 0.3 is 0 Å². The molecule has 1 aromatic carbocycles. The summed E-state index contributed by atoms with van der Waals surface area (Å²) >= 11 is 0. The van der Waals surface area contributed by atoms with Gasteiger partial charge in [0.25, 0.3) is 0 Å². The second-order valence-corrected chi connectivity index (χ2v) is 8.99. The van der Waals surface area contributed by atoms with Crippen molar-refractivity contribution in [2.75, 3.05) is 54.5 Å². The van der Waals surface area contributed by atoms with Crippen LogP contribution in [0.2, 0.25) is 0 Å². The Balaban J connectivity index is 1.13. The number of rotatable bonds is 5. The summed E-state index contributed by atoms with van der Waals surface area (Å²) in [6.07, 6.45) is 1.58. The minimum Gasteiger partial charge on any atom is -0.378 e. The van der Waals surface area contributed by atoms with E-state index in [4.69, 9.17) is 4.74 Å². The number of aryl methyl sites for hydroxylation is 2. The van der Waals surface area contributed by atoms with Crippen LogP contribution in [0.15, 0.2) is 42.5 Å². The molecule has 34 heavy (non-hydrogen) atoms. The first-order valence-corrected chi connectivity index (χ1v) is 11.9. The lowest BCUT2D eigenvalue weighted by atomic mass is 9.96. The third-order valence-corrected chi connectivity index (χ3v) is 6.56. The van der Waals surface area contributed by atoms with E-state index in [0.29, 0.717) is 5.82 Å². The first-order valence-electron chi connectivity index (χ1n) is 11.9. The number of benzene rings is 1. The summed E-state index contributed by atoms with van der Waals surface area (Å²) in [6.45, 7) is 8.85. The van der Waals surface area contributed by atoms with E-state index in [-0.39, 0.29) is 11.8 Å². The Bertz CT molecular complexity index is 1110. The highest BCUT2D eigenvalue weighted by Gasteiger charge is 2.26. The minimum absolute atomic E-state index is 0.00268. The summed E-state index contributed by atoms with van der Waals surface area (Å²) in [5.74, 6) is 1.63. The SMILES string of the molecule is Cc1cc(C)n(-c2ccc(N3CCC(C(=O)Nc4ccc(N5CCOCC5)cc4)CC3)nn2)n1. The van der Waals surface area contributed by atoms with Crippen LogP contribution >= 0.6 is 0 Å². The molecule has 2 saturated heterocycles. The topological polar surface area (TPSA) is 88.4 Å². The summed E-state index contributed by atoms with van der Waals surface area (Å²) in [4.78, 5) is 17.3. The molecule has 2 aromatic heterocycles. The molecule has 2 aliphatic heterocycles. The molecule has 178 valence electrons. The van der Waals surface area contributed by atoms with E-state index in [0.717, 1.165) is 75.1 Å². The summed E-state index contributed by atoms with van der Waals surface area (Å²) in [7, 11) is 0. The average Bonchev–Trinajstić information content (AvgIpc) is 3.23. The van der Waals surface area contributed by atoms with Crippen molar-refractivity contribution in [1.29, 1.82) is 0 Å². The van der Waals surface area contributed by atoms with Gasteiger partial charge < -0.3 is 19.9 Å². The van der Waals surface area contributed by atoms with Crippen molar-refractivity contribution in [3.8, 4) is 5.82 Å². The van der Waals surface area contributed by atoms with Gasteiger partial charge in [-0.3, -0.25) is 4.79 Å². The summed E-state index contributed by atoms with van der Waals surface area (Å²) in [6, 6.07) is 14.0. The molecule has 9 heteroatoms. The van der Waals surface area contributed by atoms with Crippen molar-refractivity contribution < 1.29 is 9.53 Å². The number of aromatic nitrogens is 4. The van der Waals surface area contributed by atoms with Gasteiger partial charge in [0.15, 0.2) is 11.6 Å². The Morgan fingerprint density at radius 2 is 1.59 bits per heavy atom. The third-order valence-electron chi connectivity index (χ3n) is 6.56. The molecule has 1 N–H and O–H groups in total. The predicted octanol–water partition coefficient (Wildman–Crippen LogP) is 2.97. The lowest BCUT2D eigenvalue weighted by molar-refractivity contribution is -0.120. The van der Waals surface area contributed by atoms with Gasteiger partial charge in [0, 0.05) is 49.2 Å². The molecule has 0 atom stereocenters. The first-order chi connectivity index (χ1) is 16.6. The quantitative estimate of drug-likeness (QED) is 0.625. The number of hydrogen-bond acceptors (Lipinski definition) is 7. The highest BCUT2D eigenvalue weighted by molar-refractivity contribution is 5.92. The third kappa shape index (κ3) is 4.89. The Kier molecular flexibility index (Phi) is 6.44. The zero-order valence-corrected chi connectivity index (χ0v) is 19.8. The molecule has 2 aliphatic rings. The molecule has 1 amide bonds. The van der Waals surface area contributed by atoms with Crippen molar-refractivity contribution >= 4 is 23.1 Å². The Hall–Kier alpha value is -3.46. The van der Waals surface area contributed by atoms with E-state index in [9.17, 15) is 4.79 Å². The van der Waals surface area contributed by atoms with Crippen LogP contribution in [0.3, 0.4) is 0 Å². The number of carbonyl (C=O) groups is 1. The Morgan fingerprint density at radius 1 is 0.912 bits per heavy atom. The first kappa shape index (κ1) is 22.3. The lowest BCUT2D eigenvalue weighted by Crippen LogP contribution is -2.38. The minimum atomic E-state index is -0.00268. The van der Waals surface area contributed by atoms with Gasteiger partial charge in [0.2, 0.25) is 5.91 Å². The van der Waals surface area contributed by atoms with Crippen molar-refractivity contribution in [2.24, 2.45) is 5.92 Å².